The molecule has 1 spiro atoms. The zero-order valence-corrected chi connectivity index (χ0v) is 16.6. The smallest absolute Gasteiger partial charge is 0.427 e. The van der Waals surface area contributed by atoms with E-state index in [-0.39, 0.29) is 16.8 Å². The molecule has 162 valence electrons. The van der Waals surface area contributed by atoms with Crippen LogP contribution >= 0.6 is 0 Å². The third kappa shape index (κ3) is 4.47. The van der Waals surface area contributed by atoms with Gasteiger partial charge < -0.3 is 15.2 Å². The number of nitrogens with one attached hydrogen (secondary N) is 1. The van der Waals surface area contributed by atoms with Crippen molar-refractivity contribution < 1.29 is 36.2 Å². The van der Waals surface area contributed by atoms with Crippen LogP contribution in [0.3, 0.4) is 0 Å². The van der Waals surface area contributed by atoms with Crippen LogP contribution < -0.4 is 5.32 Å². The first-order chi connectivity index (χ1) is 13.0. The number of likely N-dealkylation sites (N-methyl/N-ethyl adjacent to an activating group) is 1. The van der Waals surface area contributed by atoms with E-state index in [0.29, 0.717) is 51.5 Å². The minimum Gasteiger partial charge on any atom is -0.450 e. The Balaban J connectivity index is 1.53. The van der Waals surface area contributed by atoms with Crippen molar-refractivity contribution in [2.24, 2.45) is 5.92 Å². The number of esters is 1. The Kier molecular flexibility index (Phi) is 6.02. The fraction of sp³-hybridized carbons (Fsp3) is 0.941. The molecule has 0 bridgehead atoms. The summed E-state index contributed by atoms with van der Waals surface area (Å²) in [6, 6.07) is -0.155. The van der Waals surface area contributed by atoms with E-state index in [1.165, 1.54) is 4.31 Å². The van der Waals surface area contributed by atoms with Gasteiger partial charge in [-0.05, 0) is 44.9 Å². The van der Waals surface area contributed by atoms with Gasteiger partial charge >= 0.3 is 12.1 Å². The quantitative estimate of drug-likeness (QED) is 0.617. The molecule has 2 saturated carbocycles. The highest BCUT2D eigenvalue weighted by molar-refractivity contribution is 7.90. The first kappa shape index (κ1) is 21.8. The minimum atomic E-state index is -4.79. The molecule has 11 heteroatoms. The molecule has 0 unspecified atom stereocenters. The first-order valence-corrected chi connectivity index (χ1v) is 11.1. The third-order valence-electron chi connectivity index (χ3n) is 6.27. The predicted octanol–water partition coefficient (Wildman–Crippen LogP) is 1.17. The summed E-state index contributed by atoms with van der Waals surface area (Å²) in [5, 5.41) is 11.9. The molecule has 1 saturated heterocycles. The molecule has 3 rings (SSSR count). The van der Waals surface area contributed by atoms with Crippen LogP contribution in [0.15, 0.2) is 0 Å². The molecule has 2 N–H and O–H groups in total. The van der Waals surface area contributed by atoms with Gasteiger partial charge in [0.2, 0.25) is 16.1 Å². The van der Waals surface area contributed by atoms with Crippen LogP contribution in [0, 0.1) is 5.92 Å². The van der Waals surface area contributed by atoms with Crippen LogP contribution in [0.2, 0.25) is 0 Å². The summed E-state index contributed by atoms with van der Waals surface area (Å²) < 4.78 is 68.8. The van der Waals surface area contributed by atoms with E-state index in [4.69, 9.17) is 5.11 Å². The highest BCUT2D eigenvalue weighted by Gasteiger charge is 2.49. The molecular formula is C17H27F3N2O5S. The number of rotatable bonds is 6. The van der Waals surface area contributed by atoms with E-state index in [9.17, 15) is 26.4 Å². The summed E-state index contributed by atoms with van der Waals surface area (Å²) in [6.45, 7) is -0.769. The molecule has 0 aromatic carbocycles. The normalized spacial score (nSPS) is 32.6. The van der Waals surface area contributed by atoms with Crippen molar-refractivity contribution >= 4 is 16.0 Å². The number of ether oxygens (including phenoxy) is 1. The van der Waals surface area contributed by atoms with Crippen molar-refractivity contribution in [2.75, 3.05) is 20.2 Å². The largest absolute Gasteiger partial charge is 0.450 e. The maximum Gasteiger partial charge on any atom is 0.427 e. The van der Waals surface area contributed by atoms with Crippen molar-refractivity contribution in [1.29, 1.82) is 0 Å². The zero-order chi connectivity index (χ0) is 20.7. The second kappa shape index (κ2) is 7.73. The lowest BCUT2D eigenvalue weighted by molar-refractivity contribution is -0.231. The number of alkyl halides is 3. The number of halogens is 3. The molecule has 2 atom stereocenters. The molecule has 1 heterocycles. The number of nitrogens with zero attached hydrogens (tertiary/aromatic N) is 1. The van der Waals surface area contributed by atoms with Gasteiger partial charge in [-0.1, -0.05) is 0 Å². The van der Waals surface area contributed by atoms with Crippen molar-refractivity contribution in [3.8, 4) is 0 Å². The third-order valence-corrected chi connectivity index (χ3v) is 8.68. The number of hydrogen-bond acceptors (Lipinski definition) is 6. The Bertz CT molecular complexity index is 687. The Morgan fingerprint density at radius 3 is 2.39 bits per heavy atom. The van der Waals surface area contributed by atoms with Crippen molar-refractivity contribution in [3.63, 3.8) is 0 Å². The summed E-state index contributed by atoms with van der Waals surface area (Å²) in [7, 11) is -1.66. The maximum absolute atomic E-state index is 12.7. The maximum atomic E-state index is 12.7. The Labute approximate surface area is 162 Å². The number of carbonyl (C=O) groups is 1. The minimum absolute atomic E-state index is 0.155. The van der Waals surface area contributed by atoms with Gasteiger partial charge in [-0.15, -0.1) is 0 Å². The second-order valence-electron chi connectivity index (χ2n) is 8.20. The molecule has 0 aromatic heterocycles. The lowest BCUT2D eigenvalue weighted by Gasteiger charge is -2.37. The second-order valence-corrected chi connectivity index (χ2v) is 10.5. The van der Waals surface area contributed by atoms with Crippen molar-refractivity contribution in [2.45, 2.75) is 74.1 Å². The predicted molar refractivity (Wildman–Crippen MR) is 93.8 cm³/mol. The van der Waals surface area contributed by atoms with Gasteiger partial charge in [0.1, 0.15) is 0 Å². The first-order valence-electron chi connectivity index (χ1n) is 9.58. The fourth-order valence-corrected chi connectivity index (χ4v) is 5.99. The fourth-order valence-electron chi connectivity index (χ4n) is 4.23. The van der Waals surface area contributed by atoms with E-state index < -0.39 is 40.8 Å². The average Bonchev–Trinajstić information content (AvgIpc) is 3.42. The Hall–Kier alpha value is -0.910. The molecule has 3 fully saturated rings. The molecule has 3 aliphatic rings. The topological polar surface area (TPSA) is 95.9 Å². The van der Waals surface area contributed by atoms with Crippen LogP contribution in [-0.2, 0) is 19.6 Å². The van der Waals surface area contributed by atoms with Gasteiger partial charge in [-0.25, -0.2) is 12.7 Å². The van der Waals surface area contributed by atoms with Crippen molar-refractivity contribution in [1.82, 2.24) is 9.62 Å². The van der Waals surface area contributed by atoms with Gasteiger partial charge in [0.25, 0.3) is 0 Å². The highest BCUT2D eigenvalue weighted by atomic mass is 32.2. The summed E-state index contributed by atoms with van der Waals surface area (Å²) in [4.78, 5) is 12.1. The SMILES string of the molecule is CN([C@@H]1CNC2(CCC(C(=O)O[C@H](CO)C(F)(F)F)CC2)C1)S(=O)(=O)C1CC1. The van der Waals surface area contributed by atoms with Crippen LogP contribution in [-0.4, -0.2) is 73.1 Å². The zero-order valence-electron chi connectivity index (χ0n) is 15.7. The Morgan fingerprint density at radius 2 is 1.89 bits per heavy atom. The van der Waals surface area contributed by atoms with E-state index in [1.54, 1.807) is 7.05 Å². The van der Waals surface area contributed by atoms with E-state index in [0.717, 1.165) is 0 Å². The Morgan fingerprint density at radius 1 is 1.29 bits per heavy atom. The number of hydrogen-bond donors (Lipinski definition) is 2. The monoisotopic (exact) mass is 428 g/mol. The van der Waals surface area contributed by atoms with E-state index in [1.807, 2.05) is 0 Å². The summed E-state index contributed by atoms with van der Waals surface area (Å²) in [5.74, 6) is -1.58. The highest BCUT2D eigenvalue weighted by Crippen LogP contribution is 2.41. The van der Waals surface area contributed by atoms with Crippen molar-refractivity contribution in [3.05, 3.63) is 0 Å². The number of carbonyl (C=O) groups excluding carboxylic acids is 1. The molecule has 0 radical (unpaired) electrons. The number of aliphatic hydroxyl groups excluding tert-OH is 1. The molecular weight excluding hydrogens is 401 g/mol. The standard InChI is InChI=1S/C17H27F3N2O5S/c1-22(28(25,26)13-2-3-13)12-8-16(21-9-12)6-4-11(5-7-16)15(24)27-14(10-23)17(18,19)20/h11-14,21,23H,2-10H2,1H3/t11?,12-,14+,16?/m0/s1. The molecule has 7 nitrogen and oxygen atoms in total. The summed E-state index contributed by atoms with van der Waals surface area (Å²) in [5.41, 5.74) is -0.296. The van der Waals surface area contributed by atoms with Gasteiger partial charge in [-0.3, -0.25) is 4.79 Å². The van der Waals surface area contributed by atoms with Crippen LogP contribution in [0.4, 0.5) is 13.2 Å². The van der Waals surface area contributed by atoms with Gasteiger partial charge in [-0.2, -0.15) is 13.2 Å². The summed E-state index contributed by atoms with van der Waals surface area (Å²) >= 11 is 0. The lowest BCUT2D eigenvalue weighted by Crippen LogP contribution is -2.45. The number of sulfonamides is 1. The van der Waals surface area contributed by atoms with Gasteiger partial charge in [0, 0.05) is 25.2 Å². The van der Waals surface area contributed by atoms with Crippen LogP contribution in [0.5, 0.6) is 0 Å². The van der Waals surface area contributed by atoms with E-state index >= 15 is 0 Å². The summed E-state index contributed by atoms with van der Waals surface area (Å²) in [6.07, 6.45) is -3.39. The molecule has 1 aliphatic heterocycles. The number of aliphatic hydroxyl groups is 1. The molecule has 0 aromatic rings. The van der Waals surface area contributed by atoms with E-state index in [2.05, 4.69) is 10.1 Å². The van der Waals surface area contributed by atoms with Crippen LogP contribution in [0.25, 0.3) is 0 Å². The molecule has 28 heavy (non-hydrogen) atoms. The van der Waals surface area contributed by atoms with Gasteiger partial charge in [0.05, 0.1) is 17.8 Å². The molecule has 2 aliphatic carbocycles. The van der Waals surface area contributed by atoms with Gasteiger partial charge in [0.15, 0.2) is 0 Å². The average molecular weight is 428 g/mol. The molecule has 0 amide bonds. The lowest BCUT2D eigenvalue weighted by atomic mass is 9.75. The van der Waals surface area contributed by atoms with Crippen LogP contribution in [0.1, 0.15) is 44.9 Å².